The van der Waals surface area contributed by atoms with Crippen molar-refractivity contribution in [1.29, 1.82) is 0 Å². The largest absolute Gasteiger partial charge is 0.493 e. The van der Waals surface area contributed by atoms with E-state index in [0.29, 0.717) is 18.0 Å². The molecule has 0 saturated carbocycles. The fourth-order valence-corrected chi connectivity index (χ4v) is 2.80. The number of carbonyl (C=O) groups is 2. The molecule has 0 aromatic heterocycles. The molecule has 0 aliphatic carbocycles. The maximum Gasteiger partial charge on any atom is 0.261 e. The van der Waals surface area contributed by atoms with Crippen molar-refractivity contribution in [3.05, 3.63) is 60.2 Å². The van der Waals surface area contributed by atoms with Gasteiger partial charge in [-0.05, 0) is 45.4 Å². The summed E-state index contributed by atoms with van der Waals surface area (Å²) in [6, 6.07) is 16.1. The van der Waals surface area contributed by atoms with E-state index in [1.165, 1.54) is 4.90 Å². The van der Waals surface area contributed by atoms with E-state index in [-0.39, 0.29) is 24.0 Å². The maximum absolute atomic E-state index is 13.0. The summed E-state index contributed by atoms with van der Waals surface area (Å²) in [5.74, 6) is 0.540. The molecule has 0 fully saturated rings. The molecule has 0 aliphatic heterocycles. The third-order valence-corrected chi connectivity index (χ3v) is 4.28. The normalized spacial score (nSPS) is 12.0. The minimum atomic E-state index is -0.650. The third kappa shape index (κ3) is 6.82. The summed E-state index contributed by atoms with van der Waals surface area (Å²) in [5, 5.41) is 2.94. The molecule has 2 aromatic rings. The molecule has 6 nitrogen and oxygen atoms in total. The summed E-state index contributed by atoms with van der Waals surface area (Å²) in [7, 11) is 1.55. The average molecular weight is 399 g/mol. The monoisotopic (exact) mass is 398 g/mol. The number of para-hydroxylation sites is 2. The van der Waals surface area contributed by atoms with Crippen molar-refractivity contribution >= 4 is 11.8 Å². The highest BCUT2D eigenvalue weighted by atomic mass is 16.5. The molecule has 0 unspecified atom stereocenters. The molecular weight excluding hydrogens is 368 g/mol. The number of methoxy groups -OCH3 is 1. The summed E-state index contributed by atoms with van der Waals surface area (Å²) >= 11 is 0. The second-order valence-electron chi connectivity index (χ2n) is 7.86. The SMILES string of the molecule is COc1ccccc1OCC(=O)N(Cc1ccccc1)[C@H](C)C(=O)NC(C)(C)C. The maximum atomic E-state index is 13.0. The number of nitrogens with one attached hydrogen (secondary N) is 1. The summed E-state index contributed by atoms with van der Waals surface area (Å²) in [5.41, 5.74) is 0.550. The van der Waals surface area contributed by atoms with Gasteiger partial charge in [-0.3, -0.25) is 9.59 Å². The van der Waals surface area contributed by atoms with Gasteiger partial charge in [0.2, 0.25) is 5.91 Å². The van der Waals surface area contributed by atoms with E-state index in [1.807, 2.05) is 63.2 Å². The van der Waals surface area contributed by atoms with Crippen molar-refractivity contribution in [2.45, 2.75) is 45.8 Å². The molecule has 1 atom stereocenters. The second kappa shape index (κ2) is 9.96. The highest BCUT2D eigenvalue weighted by Crippen LogP contribution is 2.25. The van der Waals surface area contributed by atoms with Gasteiger partial charge in [0.05, 0.1) is 7.11 Å². The van der Waals surface area contributed by atoms with Gasteiger partial charge >= 0.3 is 0 Å². The van der Waals surface area contributed by atoms with Gasteiger partial charge in [-0.25, -0.2) is 0 Å². The van der Waals surface area contributed by atoms with Crippen LogP contribution in [0, 0.1) is 0 Å². The number of ether oxygens (including phenoxy) is 2. The molecule has 0 spiro atoms. The van der Waals surface area contributed by atoms with Crippen molar-refractivity contribution in [3.8, 4) is 11.5 Å². The van der Waals surface area contributed by atoms with E-state index >= 15 is 0 Å². The first kappa shape index (κ1) is 22.3. The van der Waals surface area contributed by atoms with Gasteiger partial charge in [-0.2, -0.15) is 0 Å². The molecule has 0 bridgehead atoms. The van der Waals surface area contributed by atoms with Gasteiger partial charge in [0.1, 0.15) is 6.04 Å². The van der Waals surface area contributed by atoms with Crippen LogP contribution in [0.2, 0.25) is 0 Å². The van der Waals surface area contributed by atoms with Crippen LogP contribution >= 0.6 is 0 Å². The lowest BCUT2D eigenvalue weighted by molar-refractivity contribution is -0.142. The number of rotatable bonds is 8. The quantitative estimate of drug-likeness (QED) is 0.740. The number of carbonyl (C=O) groups excluding carboxylic acids is 2. The summed E-state index contributed by atoms with van der Waals surface area (Å²) in [4.78, 5) is 27.2. The molecule has 2 aromatic carbocycles. The van der Waals surface area contributed by atoms with Gasteiger partial charge in [0.25, 0.3) is 5.91 Å². The smallest absolute Gasteiger partial charge is 0.261 e. The Morgan fingerprint density at radius 1 is 1.00 bits per heavy atom. The number of hydrogen-bond acceptors (Lipinski definition) is 4. The van der Waals surface area contributed by atoms with Crippen LogP contribution in [0.1, 0.15) is 33.3 Å². The standard InChI is InChI=1S/C23H30N2O4/c1-17(22(27)24-23(2,3)4)25(15-18-11-7-6-8-12-18)21(26)16-29-20-14-10-9-13-19(20)28-5/h6-14,17H,15-16H2,1-5H3,(H,24,27)/t17-/m1/s1. The molecular formula is C23H30N2O4. The van der Waals surface area contributed by atoms with Gasteiger partial charge < -0.3 is 19.7 Å². The van der Waals surface area contributed by atoms with Crippen LogP contribution in [0.15, 0.2) is 54.6 Å². The van der Waals surface area contributed by atoms with Crippen LogP contribution in [0.4, 0.5) is 0 Å². The van der Waals surface area contributed by atoms with Crippen molar-refractivity contribution < 1.29 is 19.1 Å². The Morgan fingerprint density at radius 3 is 2.17 bits per heavy atom. The Balaban J connectivity index is 2.16. The Kier molecular flexibility index (Phi) is 7.65. The van der Waals surface area contributed by atoms with E-state index in [2.05, 4.69) is 5.32 Å². The summed E-state index contributed by atoms with van der Waals surface area (Å²) < 4.78 is 11.0. The minimum absolute atomic E-state index is 0.194. The zero-order valence-electron chi connectivity index (χ0n) is 17.8. The molecule has 0 heterocycles. The fourth-order valence-electron chi connectivity index (χ4n) is 2.80. The molecule has 0 saturated heterocycles. The zero-order chi connectivity index (χ0) is 21.4. The molecule has 156 valence electrons. The predicted octanol–water partition coefficient (Wildman–Crippen LogP) is 3.41. The summed E-state index contributed by atoms with van der Waals surface area (Å²) in [6.07, 6.45) is 0. The molecule has 2 amide bonds. The Morgan fingerprint density at radius 2 is 1.59 bits per heavy atom. The lowest BCUT2D eigenvalue weighted by Crippen LogP contribution is -2.53. The fraction of sp³-hybridized carbons (Fsp3) is 0.391. The van der Waals surface area contributed by atoms with Crippen LogP contribution in [0.5, 0.6) is 11.5 Å². The number of amides is 2. The third-order valence-electron chi connectivity index (χ3n) is 4.28. The molecule has 29 heavy (non-hydrogen) atoms. The molecule has 0 radical (unpaired) electrons. The summed E-state index contributed by atoms with van der Waals surface area (Å²) in [6.45, 7) is 7.57. The Hall–Kier alpha value is -3.02. The van der Waals surface area contributed by atoms with Gasteiger partial charge in [-0.1, -0.05) is 42.5 Å². The topological polar surface area (TPSA) is 67.9 Å². The molecule has 0 aliphatic rings. The second-order valence-corrected chi connectivity index (χ2v) is 7.86. The van der Waals surface area contributed by atoms with Gasteiger partial charge in [0.15, 0.2) is 18.1 Å². The van der Waals surface area contributed by atoms with Crippen LogP contribution < -0.4 is 14.8 Å². The van der Waals surface area contributed by atoms with E-state index in [4.69, 9.17) is 9.47 Å². The van der Waals surface area contributed by atoms with E-state index < -0.39 is 6.04 Å². The lowest BCUT2D eigenvalue weighted by Gasteiger charge is -2.31. The van der Waals surface area contributed by atoms with Crippen LogP contribution in [-0.4, -0.2) is 42.0 Å². The highest BCUT2D eigenvalue weighted by molar-refractivity contribution is 5.88. The minimum Gasteiger partial charge on any atom is -0.493 e. The van der Waals surface area contributed by atoms with E-state index in [0.717, 1.165) is 5.56 Å². The Labute approximate surface area is 172 Å². The van der Waals surface area contributed by atoms with E-state index in [9.17, 15) is 9.59 Å². The van der Waals surface area contributed by atoms with Gasteiger partial charge in [0, 0.05) is 12.1 Å². The number of benzene rings is 2. The van der Waals surface area contributed by atoms with Crippen LogP contribution in [-0.2, 0) is 16.1 Å². The van der Waals surface area contributed by atoms with Crippen LogP contribution in [0.25, 0.3) is 0 Å². The molecule has 6 heteroatoms. The van der Waals surface area contributed by atoms with Crippen molar-refractivity contribution in [1.82, 2.24) is 10.2 Å². The first-order valence-corrected chi connectivity index (χ1v) is 9.62. The first-order chi connectivity index (χ1) is 13.7. The number of hydrogen-bond donors (Lipinski definition) is 1. The van der Waals surface area contributed by atoms with E-state index in [1.54, 1.807) is 26.2 Å². The van der Waals surface area contributed by atoms with Crippen molar-refractivity contribution in [3.63, 3.8) is 0 Å². The zero-order valence-corrected chi connectivity index (χ0v) is 17.8. The molecule has 2 rings (SSSR count). The average Bonchev–Trinajstić information content (AvgIpc) is 2.69. The van der Waals surface area contributed by atoms with Crippen LogP contribution in [0.3, 0.4) is 0 Å². The lowest BCUT2D eigenvalue weighted by atomic mass is 10.1. The predicted molar refractivity (Wildman–Crippen MR) is 113 cm³/mol. The highest BCUT2D eigenvalue weighted by Gasteiger charge is 2.28. The van der Waals surface area contributed by atoms with Crippen molar-refractivity contribution in [2.24, 2.45) is 0 Å². The number of nitrogens with zero attached hydrogens (tertiary/aromatic N) is 1. The first-order valence-electron chi connectivity index (χ1n) is 9.62. The van der Waals surface area contributed by atoms with Crippen molar-refractivity contribution in [2.75, 3.05) is 13.7 Å². The van der Waals surface area contributed by atoms with Gasteiger partial charge in [-0.15, -0.1) is 0 Å². The molecule has 1 N–H and O–H groups in total. The Bertz CT molecular complexity index is 815.